The van der Waals surface area contributed by atoms with Gasteiger partial charge < -0.3 is 19.4 Å². The highest BCUT2D eigenvalue weighted by Gasteiger charge is 2.10. The van der Waals surface area contributed by atoms with E-state index in [-0.39, 0.29) is 5.91 Å². The highest BCUT2D eigenvalue weighted by Crippen LogP contribution is 2.22. The molecule has 176 valence electrons. The molecule has 0 atom stereocenters. The summed E-state index contributed by atoms with van der Waals surface area (Å²) in [6, 6.07) is 17.2. The third-order valence-electron chi connectivity index (χ3n) is 4.69. The summed E-state index contributed by atoms with van der Waals surface area (Å²) in [5, 5.41) is 11.2. The smallest absolute Gasteiger partial charge is 0.247 e. The Morgan fingerprint density at radius 1 is 1.03 bits per heavy atom. The Balaban J connectivity index is 1.40. The summed E-state index contributed by atoms with van der Waals surface area (Å²) < 4.78 is 11.5. The van der Waals surface area contributed by atoms with Crippen molar-refractivity contribution < 1.29 is 13.9 Å². The average Bonchev–Trinajstić information content (AvgIpc) is 3.27. The number of nitrogens with one attached hydrogen (secondary N) is 1. The van der Waals surface area contributed by atoms with Crippen LogP contribution in [0, 0.1) is 0 Å². The molecule has 1 amide bonds. The molecule has 0 aliphatic rings. The van der Waals surface area contributed by atoms with Gasteiger partial charge in [-0.2, -0.15) is 0 Å². The summed E-state index contributed by atoms with van der Waals surface area (Å²) in [7, 11) is 5.97. The van der Waals surface area contributed by atoms with E-state index in [1.807, 2.05) is 80.6 Å². The Hall–Kier alpha value is -2.88. The lowest BCUT2D eigenvalue weighted by Crippen LogP contribution is -2.34. The number of ether oxygens (including phenoxy) is 1. The summed E-state index contributed by atoms with van der Waals surface area (Å²) in [6.45, 7) is 2.70. The lowest BCUT2D eigenvalue weighted by atomic mass is 10.2. The Morgan fingerprint density at radius 3 is 2.52 bits per heavy atom. The molecule has 0 radical (unpaired) electrons. The van der Waals surface area contributed by atoms with Crippen molar-refractivity contribution in [2.75, 3.05) is 58.5 Å². The molecule has 2 aromatic carbocycles. The fourth-order valence-electron chi connectivity index (χ4n) is 2.91. The Kier molecular flexibility index (Phi) is 9.74. The van der Waals surface area contributed by atoms with Crippen molar-refractivity contribution >= 4 is 23.4 Å². The van der Waals surface area contributed by atoms with Gasteiger partial charge in [-0.25, -0.2) is 0 Å². The van der Waals surface area contributed by atoms with Crippen LogP contribution in [0.15, 0.2) is 59.0 Å². The molecular formula is C24H31N5O3S. The number of amides is 1. The number of thioether (sulfide) groups is 1. The van der Waals surface area contributed by atoms with E-state index < -0.39 is 0 Å². The predicted octanol–water partition coefficient (Wildman–Crippen LogP) is 3.48. The molecule has 0 fully saturated rings. The van der Waals surface area contributed by atoms with Crippen LogP contribution in [0.25, 0.3) is 11.5 Å². The van der Waals surface area contributed by atoms with E-state index in [4.69, 9.17) is 9.15 Å². The lowest BCUT2D eigenvalue weighted by molar-refractivity contribution is -0.117. The van der Waals surface area contributed by atoms with Crippen LogP contribution in [0.1, 0.15) is 5.89 Å². The van der Waals surface area contributed by atoms with Crippen molar-refractivity contribution in [1.82, 2.24) is 20.0 Å². The first-order valence-corrected chi connectivity index (χ1v) is 12.0. The minimum atomic E-state index is -0.0441. The summed E-state index contributed by atoms with van der Waals surface area (Å²) >= 11 is 1.68. The summed E-state index contributed by atoms with van der Waals surface area (Å²) in [4.78, 5) is 16.3. The molecule has 0 unspecified atom stereocenters. The van der Waals surface area contributed by atoms with Gasteiger partial charge in [-0.05, 0) is 57.5 Å². The number of likely N-dealkylation sites (N-methyl/N-ethyl adjacent to an activating group) is 2. The molecule has 0 aliphatic heterocycles. The maximum atomic E-state index is 12.2. The van der Waals surface area contributed by atoms with Gasteiger partial charge in [-0.15, -0.1) is 22.0 Å². The van der Waals surface area contributed by atoms with Gasteiger partial charge in [0.2, 0.25) is 17.7 Å². The lowest BCUT2D eigenvalue weighted by Gasteiger charge is -2.18. The first-order chi connectivity index (χ1) is 16.0. The van der Waals surface area contributed by atoms with E-state index in [9.17, 15) is 4.79 Å². The largest absolute Gasteiger partial charge is 0.493 e. The number of benzene rings is 2. The number of rotatable bonds is 13. The van der Waals surface area contributed by atoms with Crippen molar-refractivity contribution in [2.24, 2.45) is 0 Å². The second-order valence-corrected chi connectivity index (χ2v) is 8.99. The van der Waals surface area contributed by atoms with Crippen LogP contribution in [0.2, 0.25) is 0 Å². The fraction of sp³-hybridized carbons (Fsp3) is 0.375. The van der Waals surface area contributed by atoms with Crippen molar-refractivity contribution in [3.8, 4) is 17.2 Å². The number of hydrogen-bond donors (Lipinski definition) is 1. The van der Waals surface area contributed by atoms with E-state index in [2.05, 4.69) is 20.4 Å². The van der Waals surface area contributed by atoms with Crippen LogP contribution in [0.3, 0.4) is 0 Å². The second-order valence-electron chi connectivity index (χ2n) is 7.88. The maximum Gasteiger partial charge on any atom is 0.247 e. The van der Waals surface area contributed by atoms with Gasteiger partial charge in [-0.3, -0.25) is 9.69 Å². The second kappa shape index (κ2) is 13.0. The monoisotopic (exact) mass is 469 g/mol. The number of anilines is 1. The minimum absolute atomic E-state index is 0.0441. The molecule has 0 saturated heterocycles. The number of nitrogens with zero attached hydrogens (tertiary/aromatic N) is 4. The summed E-state index contributed by atoms with van der Waals surface area (Å²) in [5.74, 6) is 3.32. The zero-order chi connectivity index (χ0) is 23.5. The molecule has 33 heavy (non-hydrogen) atoms. The van der Waals surface area contributed by atoms with Crippen LogP contribution >= 0.6 is 11.8 Å². The minimum Gasteiger partial charge on any atom is -0.493 e. The van der Waals surface area contributed by atoms with Gasteiger partial charge in [0.15, 0.2) is 0 Å². The van der Waals surface area contributed by atoms with E-state index in [1.165, 1.54) is 0 Å². The quantitative estimate of drug-likeness (QED) is 0.381. The number of para-hydroxylation sites is 1. The molecule has 9 heteroatoms. The molecule has 0 aliphatic carbocycles. The molecule has 8 nitrogen and oxygen atoms in total. The Labute approximate surface area is 199 Å². The average molecular weight is 470 g/mol. The maximum absolute atomic E-state index is 12.2. The van der Waals surface area contributed by atoms with Gasteiger partial charge in [0, 0.05) is 30.1 Å². The normalized spacial score (nSPS) is 11.2. The van der Waals surface area contributed by atoms with Crippen molar-refractivity contribution in [3.63, 3.8) is 0 Å². The highest BCUT2D eigenvalue weighted by molar-refractivity contribution is 7.98. The van der Waals surface area contributed by atoms with E-state index in [0.29, 0.717) is 30.7 Å². The van der Waals surface area contributed by atoms with Crippen LogP contribution in [-0.4, -0.2) is 79.0 Å². The zero-order valence-electron chi connectivity index (χ0n) is 19.4. The SMILES string of the molecule is CN(C)CCN(C)CC(=O)Nc1ccc(-c2nnc(CSCCOc3ccccc3)o2)cc1. The van der Waals surface area contributed by atoms with Crippen LogP contribution in [0.5, 0.6) is 5.75 Å². The number of aromatic nitrogens is 2. The van der Waals surface area contributed by atoms with Crippen molar-refractivity contribution in [3.05, 3.63) is 60.5 Å². The molecule has 0 bridgehead atoms. The highest BCUT2D eigenvalue weighted by atomic mass is 32.2. The number of carbonyl (C=O) groups is 1. The molecule has 0 spiro atoms. The predicted molar refractivity (Wildman–Crippen MR) is 133 cm³/mol. The molecule has 3 rings (SSSR count). The molecule has 1 N–H and O–H groups in total. The molecule has 3 aromatic rings. The van der Waals surface area contributed by atoms with Gasteiger partial charge in [0.25, 0.3) is 0 Å². The van der Waals surface area contributed by atoms with Gasteiger partial charge in [-0.1, -0.05) is 18.2 Å². The third kappa shape index (κ3) is 8.88. The summed E-state index contributed by atoms with van der Waals surface area (Å²) in [6.07, 6.45) is 0. The molecule has 1 heterocycles. The molecular weight excluding hydrogens is 438 g/mol. The topological polar surface area (TPSA) is 83.7 Å². The zero-order valence-corrected chi connectivity index (χ0v) is 20.2. The number of hydrogen-bond acceptors (Lipinski definition) is 8. The first kappa shape index (κ1) is 24.8. The number of carbonyl (C=O) groups excluding carboxylic acids is 1. The molecule has 0 saturated carbocycles. The van der Waals surface area contributed by atoms with Crippen LogP contribution < -0.4 is 10.1 Å². The van der Waals surface area contributed by atoms with E-state index >= 15 is 0 Å². The van der Waals surface area contributed by atoms with Gasteiger partial charge in [0.05, 0.1) is 18.9 Å². The van der Waals surface area contributed by atoms with Crippen molar-refractivity contribution in [2.45, 2.75) is 5.75 Å². The van der Waals surface area contributed by atoms with Crippen LogP contribution in [0.4, 0.5) is 5.69 Å². The van der Waals surface area contributed by atoms with E-state index in [1.54, 1.807) is 11.8 Å². The molecule has 1 aromatic heterocycles. The Bertz CT molecular complexity index is 979. The standard InChI is InChI=1S/C24H31N5O3S/c1-28(2)13-14-29(3)17-22(30)25-20-11-9-19(10-12-20)24-27-26-23(32-24)18-33-16-15-31-21-7-5-4-6-8-21/h4-12H,13-18H2,1-3H3,(H,25,30). The summed E-state index contributed by atoms with van der Waals surface area (Å²) in [5.41, 5.74) is 1.55. The van der Waals surface area contributed by atoms with Crippen LogP contribution in [-0.2, 0) is 10.5 Å². The van der Waals surface area contributed by atoms with Crippen molar-refractivity contribution in [1.29, 1.82) is 0 Å². The first-order valence-electron chi connectivity index (χ1n) is 10.8. The van der Waals surface area contributed by atoms with Gasteiger partial charge >= 0.3 is 0 Å². The Morgan fingerprint density at radius 2 is 1.79 bits per heavy atom. The third-order valence-corrected chi connectivity index (χ3v) is 5.60. The van der Waals surface area contributed by atoms with E-state index in [0.717, 1.165) is 35.8 Å². The van der Waals surface area contributed by atoms with Gasteiger partial charge in [0.1, 0.15) is 5.75 Å². The fourth-order valence-corrected chi connectivity index (χ4v) is 3.55.